The van der Waals surface area contributed by atoms with Crippen LogP contribution in [0.1, 0.15) is 23.6 Å². The van der Waals surface area contributed by atoms with E-state index >= 15 is 0 Å². The number of nitrogens with zero attached hydrogens (tertiary/aromatic N) is 4. The smallest absolute Gasteiger partial charge is 0.253 e. The van der Waals surface area contributed by atoms with E-state index in [1.165, 1.54) is 23.1 Å². The van der Waals surface area contributed by atoms with Crippen LogP contribution in [0.15, 0.2) is 70.1 Å². The van der Waals surface area contributed by atoms with Gasteiger partial charge in [0.2, 0.25) is 5.13 Å². The number of hydrogen-bond donors (Lipinski definition) is 1. The molecule has 4 aromatic rings. The first-order chi connectivity index (χ1) is 17.1. The highest BCUT2D eigenvalue weighted by Gasteiger charge is 2.34. The minimum atomic E-state index is -0.281. The summed E-state index contributed by atoms with van der Waals surface area (Å²) in [6.07, 6.45) is 0.575. The second-order valence-electron chi connectivity index (χ2n) is 7.84. The number of aromatic nitrogens is 2. The van der Waals surface area contributed by atoms with Crippen molar-refractivity contribution in [1.29, 1.82) is 0 Å². The molecule has 0 saturated heterocycles. The summed E-state index contributed by atoms with van der Waals surface area (Å²) in [4.78, 5) is 13.4. The van der Waals surface area contributed by atoms with Gasteiger partial charge in [-0.25, -0.2) is 5.01 Å². The van der Waals surface area contributed by atoms with Crippen molar-refractivity contribution in [2.24, 2.45) is 5.10 Å². The molecule has 0 bridgehead atoms. The molecule has 0 aliphatic carbocycles. The first-order valence-corrected chi connectivity index (χ1v) is 12.7. The van der Waals surface area contributed by atoms with Gasteiger partial charge in [-0.15, -0.1) is 10.2 Å². The van der Waals surface area contributed by atoms with Crippen molar-refractivity contribution in [3.8, 4) is 11.5 Å². The SMILES string of the molecule is COc1ccc(C2CC(c3cccc4ccccc34)=NN2C(=O)CSc2nnc(N)s2)cc1OC. The Labute approximate surface area is 210 Å². The molecule has 35 heavy (non-hydrogen) atoms. The van der Waals surface area contributed by atoms with Crippen LogP contribution in [0.3, 0.4) is 0 Å². The van der Waals surface area contributed by atoms with Crippen molar-refractivity contribution in [3.05, 3.63) is 71.8 Å². The predicted octanol–water partition coefficient (Wildman–Crippen LogP) is 4.76. The molecule has 2 N–H and O–H groups in total. The zero-order chi connectivity index (χ0) is 24.4. The molecule has 3 aromatic carbocycles. The third-order valence-electron chi connectivity index (χ3n) is 5.80. The first kappa shape index (κ1) is 23.1. The predicted molar refractivity (Wildman–Crippen MR) is 139 cm³/mol. The van der Waals surface area contributed by atoms with E-state index in [1.54, 1.807) is 19.2 Å². The number of rotatable bonds is 7. The van der Waals surface area contributed by atoms with E-state index in [0.717, 1.165) is 27.6 Å². The number of carbonyl (C=O) groups excluding carboxylic acids is 1. The lowest BCUT2D eigenvalue weighted by Crippen LogP contribution is -2.28. The molecule has 5 rings (SSSR count). The summed E-state index contributed by atoms with van der Waals surface area (Å²) in [5, 5.41) is 16.8. The Morgan fingerprint density at radius 3 is 2.66 bits per heavy atom. The number of ether oxygens (including phenoxy) is 2. The Balaban J connectivity index is 1.50. The molecule has 1 unspecified atom stereocenters. The zero-order valence-electron chi connectivity index (χ0n) is 19.2. The second-order valence-corrected chi connectivity index (χ2v) is 10.1. The lowest BCUT2D eigenvalue weighted by molar-refractivity contribution is -0.130. The standard InChI is InChI=1S/C25H23N5O3S2/c1-32-21-11-10-16(12-22(21)33-2)20-13-19(18-9-5-7-15-6-3-4-8-17(15)18)29-30(20)23(31)14-34-25-28-27-24(26)35-25/h3-12,20H,13-14H2,1-2H3,(H2,26,27). The topological polar surface area (TPSA) is 103 Å². The summed E-state index contributed by atoms with van der Waals surface area (Å²) in [6.45, 7) is 0. The monoisotopic (exact) mass is 505 g/mol. The van der Waals surface area contributed by atoms with Crippen LogP contribution in [-0.2, 0) is 4.79 Å². The van der Waals surface area contributed by atoms with E-state index in [0.29, 0.717) is 27.4 Å². The van der Waals surface area contributed by atoms with Gasteiger partial charge in [0.15, 0.2) is 15.8 Å². The van der Waals surface area contributed by atoms with Gasteiger partial charge in [0, 0.05) is 12.0 Å². The van der Waals surface area contributed by atoms with Crippen LogP contribution in [0, 0.1) is 0 Å². The summed E-state index contributed by atoms with van der Waals surface area (Å²) in [7, 11) is 3.20. The second kappa shape index (κ2) is 9.93. The van der Waals surface area contributed by atoms with Crippen molar-refractivity contribution in [2.45, 2.75) is 16.8 Å². The lowest BCUT2D eigenvalue weighted by Gasteiger charge is -2.22. The van der Waals surface area contributed by atoms with Gasteiger partial charge in [0.05, 0.1) is 31.7 Å². The van der Waals surface area contributed by atoms with Crippen LogP contribution in [0.4, 0.5) is 5.13 Å². The van der Waals surface area contributed by atoms with Gasteiger partial charge >= 0.3 is 0 Å². The average molecular weight is 506 g/mol. The largest absolute Gasteiger partial charge is 0.493 e. The van der Waals surface area contributed by atoms with Crippen LogP contribution in [0.5, 0.6) is 11.5 Å². The van der Waals surface area contributed by atoms with Gasteiger partial charge in [-0.2, -0.15) is 5.10 Å². The summed E-state index contributed by atoms with van der Waals surface area (Å²) in [6, 6.07) is 19.8. The number of nitrogens with two attached hydrogens (primary N) is 1. The third kappa shape index (κ3) is 4.67. The molecule has 1 aliphatic rings. The molecule has 0 radical (unpaired) electrons. The van der Waals surface area contributed by atoms with E-state index in [4.69, 9.17) is 20.3 Å². The minimum Gasteiger partial charge on any atom is -0.493 e. The third-order valence-corrected chi connectivity index (χ3v) is 7.67. The maximum atomic E-state index is 13.4. The van der Waals surface area contributed by atoms with E-state index in [1.807, 2.05) is 36.4 Å². The van der Waals surface area contributed by atoms with Gasteiger partial charge in [0.1, 0.15) is 0 Å². The van der Waals surface area contributed by atoms with E-state index < -0.39 is 0 Å². The maximum absolute atomic E-state index is 13.4. The van der Waals surface area contributed by atoms with Gasteiger partial charge in [0.25, 0.3) is 5.91 Å². The number of nitrogen functional groups attached to an aromatic ring is 1. The number of methoxy groups -OCH3 is 2. The Hall–Kier alpha value is -3.63. The molecule has 0 spiro atoms. The van der Waals surface area contributed by atoms with Gasteiger partial charge in [-0.1, -0.05) is 71.6 Å². The van der Waals surface area contributed by atoms with Gasteiger partial charge in [-0.05, 0) is 28.5 Å². The Kier molecular flexibility index (Phi) is 6.56. The molecule has 178 valence electrons. The highest BCUT2D eigenvalue weighted by molar-refractivity contribution is 8.01. The molecule has 0 saturated carbocycles. The lowest BCUT2D eigenvalue weighted by atomic mass is 9.95. The number of benzene rings is 3. The van der Waals surface area contributed by atoms with Crippen molar-refractivity contribution < 1.29 is 14.3 Å². The fourth-order valence-electron chi connectivity index (χ4n) is 4.17. The molecular formula is C25H23N5O3S2. The summed E-state index contributed by atoms with van der Waals surface area (Å²) < 4.78 is 11.6. The van der Waals surface area contributed by atoms with Crippen molar-refractivity contribution in [2.75, 3.05) is 25.7 Å². The van der Waals surface area contributed by atoms with Crippen LogP contribution >= 0.6 is 23.1 Å². The Morgan fingerprint density at radius 1 is 1.09 bits per heavy atom. The van der Waals surface area contributed by atoms with Gasteiger partial charge in [-0.3, -0.25) is 4.79 Å². The van der Waals surface area contributed by atoms with Crippen LogP contribution < -0.4 is 15.2 Å². The van der Waals surface area contributed by atoms with E-state index in [9.17, 15) is 4.79 Å². The molecule has 8 nitrogen and oxygen atoms in total. The maximum Gasteiger partial charge on any atom is 0.253 e. The number of amides is 1. The Morgan fingerprint density at radius 2 is 1.89 bits per heavy atom. The molecule has 2 heterocycles. The quantitative estimate of drug-likeness (QED) is 0.361. The average Bonchev–Trinajstić information content (AvgIpc) is 3.53. The van der Waals surface area contributed by atoms with Crippen molar-refractivity contribution in [3.63, 3.8) is 0 Å². The number of fused-ring (bicyclic) bond motifs is 1. The molecule has 1 amide bonds. The van der Waals surface area contributed by atoms with Crippen molar-refractivity contribution >= 4 is 50.6 Å². The number of carbonyl (C=O) groups is 1. The van der Waals surface area contributed by atoms with Crippen molar-refractivity contribution in [1.82, 2.24) is 15.2 Å². The Bertz CT molecular complexity index is 1420. The molecule has 10 heteroatoms. The molecule has 0 fully saturated rings. The summed E-state index contributed by atoms with van der Waals surface area (Å²) in [5.74, 6) is 1.28. The first-order valence-electron chi connectivity index (χ1n) is 10.9. The van der Waals surface area contributed by atoms with Crippen LogP contribution in [-0.4, -0.2) is 46.8 Å². The van der Waals surface area contributed by atoms with E-state index in [2.05, 4.69) is 34.5 Å². The normalized spacial score (nSPS) is 15.3. The summed E-state index contributed by atoms with van der Waals surface area (Å²) >= 11 is 2.57. The van der Waals surface area contributed by atoms with E-state index in [-0.39, 0.29) is 17.7 Å². The van der Waals surface area contributed by atoms with Gasteiger partial charge < -0.3 is 15.2 Å². The van der Waals surface area contributed by atoms with Crippen LogP contribution in [0.2, 0.25) is 0 Å². The fraction of sp³-hybridized carbons (Fsp3) is 0.200. The molecule has 1 atom stereocenters. The number of thioether (sulfide) groups is 1. The minimum absolute atomic E-state index is 0.126. The fourth-order valence-corrected chi connectivity index (χ4v) is 5.66. The molecule has 1 aromatic heterocycles. The molecular weight excluding hydrogens is 482 g/mol. The van der Waals surface area contributed by atoms with Crippen LogP contribution in [0.25, 0.3) is 10.8 Å². The summed E-state index contributed by atoms with van der Waals surface area (Å²) in [5.41, 5.74) is 8.48. The molecule has 1 aliphatic heterocycles. The number of anilines is 1. The zero-order valence-corrected chi connectivity index (χ0v) is 20.8. The number of hydrazone groups is 1. The number of hydrogen-bond acceptors (Lipinski definition) is 9. The highest BCUT2D eigenvalue weighted by atomic mass is 32.2. The highest BCUT2D eigenvalue weighted by Crippen LogP contribution is 2.39.